The molecule has 0 spiro atoms. The van der Waals surface area contributed by atoms with Crippen LogP contribution in [0.4, 0.5) is 5.69 Å². The molecule has 0 N–H and O–H groups in total. The Morgan fingerprint density at radius 3 is 2.73 bits per heavy atom. The van der Waals surface area contributed by atoms with E-state index < -0.39 is 0 Å². The van der Waals surface area contributed by atoms with E-state index in [1.807, 2.05) is 42.5 Å². The van der Waals surface area contributed by atoms with Gasteiger partial charge in [0.05, 0.1) is 30.1 Å². The summed E-state index contributed by atoms with van der Waals surface area (Å²) in [6.45, 7) is 1.55. The van der Waals surface area contributed by atoms with Gasteiger partial charge >= 0.3 is 0 Å². The highest BCUT2D eigenvalue weighted by molar-refractivity contribution is 8.14. The Balaban J connectivity index is 2.00. The maximum atomic E-state index is 6.27. The first kappa shape index (κ1) is 19.0. The number of fused-ring (bicyclic) bond motifs is 1. The summed E-state index contributed by atoms with van der Waals surface area (Å²) in [7, 11) is 5.82. The van der Waals surface area contributed by atoms with Gasteiger partial charge in [-0.2, -0.15) is 0 Å². The molecule has 1 heterocycles. The quantitative estimate of drug-likeness (QED) is 0.756. The van der Waals surface area contributed by atoms with Crippen molar-refractivity contribution in [1.29, 1.82) is 0 Å². The third-order valence-electron chi connectivity index (χ3n) is 4.00. The van der Waals surface area contributed by atoms with Gasteiger partial charge in [0.25, 0.3) is 0 Å². The number of halogens is 1. The molecule has 0 radical (unpaired) electrons. The van der Waals surface area contributed by atoms with Crippen molar-refractivity contribution >= 4 is 39.8 Å². The highest BCUT2D eigenvalue weighted by atomic mass is 35.5. The Kier molecular flexibility index (Phi) is 6.35. The van der Waals surface area contributed by atoms with Gasteiger partial charge in [-0.05, 0) is 44.4 Å². The number of methoxy groups -OCH3 is 1. The third-order valence-corrected chi connectivity index (χ3v) is 5.18. The largest absolute Gasteiger partial charge is 0.496 e. The van der Waals surface area contributed by atoms with Gasteiger partial charge in [0.2, 0.25) is 0 Å². The molecule has 0 unspecified atom stereocenters. The van der Waals surface area contributed by atoms with E-state index in [9.17, 15) is 0 Å². The molecule has 0 saturated heterocycles. The van der Waals surface area contributed by atoms with E-state index >= 15 is 0 Å². The lowest BCUT2D eigenvalue weighted by atomic mass is 10.00. The predicted molar refractivity (Wildman–Crippen MR) is 113 cm³/mol. The number of aliphatic imine (C=N–C) groups is 2. The van der Waals surface area contributed by atoms with Crippen molar-refractivity contribution in [3.05, 3.63) is 58.6 Å². The first-order valence-electron chi connectivity index (χ1n) is 8.41. The molecule has 0 saturated carbocycles. The molecule has 1 aliphatic heterocycles. The second-order valence-electron chi connectivity index (χ2n) is 6.18. The molecule has 26 heavy (non-hydrogen) atoms. The SMILES string of the molecule is COc1ccccc1C1=NCC(SCCN(C)C)=Nc2ccc(Cl)cc21. The van der Waals surface area contributed by atoms with E-state index in [-0.39, 0.29) is 0 Å². The predicted octanol–water partition coefficient (Wildman–Crippen LogP) is 4.52. The Bertz CT molecular complexity index is 849. The third kappa shape index (κ3) is 4.47. The van der Waals surface area contributed by atoms with Crippen LogP contribution in [0.5, 0.6) is 5.75 Å². The second kappa shape index (κ2) is 8.71. The van der Waals surface area contributed by atoms with E-state index in [0.717, 1.165) is 45.6 Å². The van der Waals surface area contributed by atoms with Crippen LogP contribution in [0.1, 0.15) is 11.1 Å². The van der Waals surface area contributed by atoms with Crippen LogP contribution in [-0.2, 0) is 0 Å². The van der Waals surface area contributed by atoms with Crippen molar-refractivity contribution in [2.45, 2.75) is 0 Å². The summed E-state index contributed by atoms with van der Waals surface area (Å²) in [6.07, 6.45) is 0. The van der Waals surface area contributed by atoms with Gasteiger partial charge in [-0.25, -0.2) is 4.99 Å². The molecule has 0 aliphatic carbocycles. The molecule has 2 aromatic rings. The normalized spacial score (nSPS) is 13.7. The maximum absolute atomic E-state index is 6.27. The molecular formula is C20H22ClN3OS. The zero-order valence-electron chi connectivity index (χ0n) is 15.2. The molecule has 0 fully saturated rings. The highest BCUT2D eigenvalue weighted by Gasteiger charge is 2.19. The van der Waals surface area contributed by atoms with Crippen molar-refractivity contribution < 1.29 is 4.74 Å². The van der Waals surface area contributed by atoms with Crippen molar-refractivity contribution in [3.63, 3.8) is 0 Å². The van der Waals surface area contributed by atoms with Gasteiger partial charge in [-0.15, -0.1) is 11.8 Å². The lowest BCUT2D eigenvalue weighted by Crippen LogP contribution is -2.16. The minimum atomic E-state index is 0.553. The molecule has 4 nitrogen and oxygen atoms in total. The summed E-state index contributed by atoms with van der Waals surface area (Å²) >= 11 is 8.02. The van der Waals surface area contributed by atoms with Gasteiger partial charge in [0.1, 0.15) is 5.75 Å². The number of ether oxygens (including phenoxy) is 1. The molecule has 0 amide bonds. The lowest BCUT2D eigenvalue weighted by Gasteiger charge is -2.12. The highest BCUT2D eigenvalue weighted by Crippen LogP contribution is 2.32. The van der Waals surface area contributed by atoms with E-state index in [1.54, 1.807) is 18.9 Å². The fraction of sp³-hybridized carbons (Fsp3) is 0.300. The Hall–Kier alpha value is -1.82. The minimum Gasteiger partial charge on any atom is -0.496 e. The van der Waals surface area contributed by atoms with Crippen LogP contribution in [0.2, 0.25) is 5.02 Å². The topological polar surface area (TPSA) is 37.2 Å². The van der Waals surface area contributed by atoms with Gasteiger partial charge in [0, 0.05) is 28.4 Å². The number of rotatable bonds is 5. The smallest absolute Gasteiger partial charge is 0.128 e. The van der Waals surface area contributed by atoms with E-state index in [0.29, 0.717) is 11.6 Å². The molecule has 1 aliphatic rings. The number of para-hydroxylation sites is 1. The molecule has 0 bridgehead atoms. The number of hydrogen-bond donors (Lipinski definition) is 0. The van der Waals surface area contributed by atoms with Crippen molar-refractivity contribution in [1.82, 2.24) is 4.90 Å². The van der Waals surface area contributed by atoms with E-state index in [4.69, 9.17) is 26.3 Å². The number of thioether (sulfide) groups is 1. The fourth-order valence-corrected chi connectivity index (χ4v) is 3.87. The van der Waals surface area contributed by atoms with Crippen LogP contribution in [0, 0.1) is 0 Å². The first-order valence-corrected chi connectivity index (χ1v) is 9.77. The summed E-state index contributed by atoms with van der Waals surface area (Å²) < 4.78 is 5.54. The standard InChI is InChI=1S/C20H22ClN3OS/c1-24(2)10-11-26-19-13-22-20(15-6-4-5-7-18(15)25-3)16-12-14(21)8-9-17(16)23-19/h4-9,12H,10-11,13H2,1-3H3. The lowest BCUT2D eigenvalue weighted by molar-refractivity contribution is 0.414. The fourth-order valence-electron chi connectivity index (χ4n) is 2.69. The van der Waals surface area contributed by atoms with Gasteiger partial charge < -0.3 is 9.64 Å². The van der Waals surface area contributed by atoms with Gasteiger partial charge in [0.15, 0.2) is 0 Å². The molecule has 2 aromatic carbocycles. The molecule has 136 valence electrons. The summed E-state index contributed by atoms with van der Waals surface area (Å²) in [5.41, 5.74) is 3.65. The minimum absolute atomic E-state index is 0.553. The van der Waals surface area contributed by atoms with Crippen LogP contribution >= 0.6 is 23.4 Å². The zero-order chi connectivity index (χ0) is 18.5. The van der Waals surface area contributed by atoms with Crippen LogP contribution < -0.4 is 4.74 Å². The summed E-state index contributed by atoms with van der Waals surface area (Å²) in [6, 6.07) is 13.7. The zero-order valence-corrected chi connectivity index (χ0v) is 16.8. The average Bonchev–Trinajstić information content (AvgIpc) is 2.80. The van der Waals surface area contributed by atoms with Gasteiger partial charge in [-0.1, -0.05) is 23.7 Å². The van der Waals surface area contributed by atoms with Crippen LogP contribution in [0.15, 0.2) is 52.4 Å². The maximum Gasteiger partial charge on any atom is 0.128 e. The Morgan fingerprint density at radius 2 is 1.96 bits per heavy atom. The first-order chi connectivity index (χ1) is 12.6. The second-order valence-corrected chi connectivity index (χ2v) is 7.79. The Morgan fingerprint density at radius 1 is 1.15 bits per heavy atom. The average molecular weight is 388 g/mol. The van der Waals surface area contributed by atoms with E-state index in [1.165, 1.54) is 0 Å². The van der Waals surface area contributed by atoms with Crippen LogP contribution in [0.3, 0.4) is 0 Å². The Labute approximate surface area is 163 Å². The van der Waals surface area contributed by atoms with Crippen molar-refractivity contribution in [3.8, 4) is 5.75 Å². The van der Waals surface area contributed by atoms with Gasteiger partial charge in [-0.3, -0.25) is 4.99 Å². The molecule has 6 heteroatoms. The number of benzene rings is 2. The molecule has 0 aromatic heterocycles. The molecular weight excluding hydrogens is 366 g/mol. The van der Waals surface area contributed by atoms with Crippen molar-refractivity contribution in [2.24, 2.45) is 9.98 Å². The number of nitrogens with zero attached hydrogens (tertiary/aromatic N) is 3. The summed E-state index contributed by atoms with van der Waals surface area (Å²) in [4.78, 5) is 11.9. The number of hydrogen-bond acceptors (Lipinski definition) is 5. The monoisotopic (exact) mass is 387 g/mol. The molecule has 3 rings (SSSR count). The van der Waals surface area contributed by atoms with Crippen LogP contribution in [-0.4, -0.2) is 55.7 Å². The van der Waals surface area contributed by atoms with E-state index in [2.05, 4.69) is 19.0 Å². The van der Waals surface area contributed by atoms with Crippen LogP contribution in [0.25, 0.3) is 0 Å². The van der Waals surface area contributed by atoms with Crippen molar-refractivity contribution in [2.75, 3.05) is 40.0 Å². The molecule has 0 atom stereocenters. The summed E-state index contributed by atoms with van der Waals surface area (Å²) in [5.74, 6) is 1.77. The summed E-state index contributed by atoms with van der Waals surface area (Å²) in [5, 5.41) is 1.69.